The molecule has 0 saturated heterocycles. The van der Waals surface area contributed by atoms with Crippen LogP contribution in [0.15, 0.2) is 66.7 Å². The van der Waals surface area contributed by atoms with E-state index in [2.05, 4.69) is 34.9 Å². The van der Waals surface area contributed by atoms with Crippen LogP contribution >= 0.6 is 0 Å². The molecule has 1 aliphatic carbocycles. The number of rotatable bonds is 8. The monoisotopic (exact) mass is 472 g/mol. The Bertz CT molecular complexity index is 1220. The van der Waals surface area contributed by atoms with E-state index in [1.54, 1.807) is 19.1 Å². The minimum absolute atomic E-state index is 0.00632. The standard InChI is InChI=1S/C28H28N2O5/c1-3-18(15-26(31)30-25-13-12-17(2)14-23(25)27(32)33)29-28(34)35-16-24-21-10-6-4-8-19(21)20-9-5-7-11-22(20)24/h4-14,18,24H,3,15-16H2,1-2H3,(H,29,34)(H,30,31)(H,32,33). The van der Waals surface area contributed by atoms with Crippen LogP contribution in [0.3, 0.4) is 0 Å². The van der Waals surface area contributed by atoms with Gasteiger partial charge in [0.1, 0.15) is 6.61 Å². The third-order valence-corrected chi connectivity index (χ3v) is 6.27. The van der Waals surface area contributed by atoms with Gasteiger partial charge in [-0.25, -0.2) is 9.59 Å². The predicted molar refractivity (Wildman–Crippen MR) is 134 cm³/mol. The Labute approximate surface area is 204 Å². The van der Waals surface area contributed by atoms with Crippen molar-refractivity contribution in [1.29, 1.82) is 0 Å². The number of ether oxygens (including phenoxy) is 1. The Morgan fingerprint density at radius 3 is 2.20 bits per heavy atom. The second kappa shape index (κ2) is 10.4. The van der Waals surface area contributed by atoms with E-state index in [1.165, 1.54) is 6.07 Å². The van der Waals surface area contributed by atoms with E-state index in [4.69, 9.17) is 4.74 Å². The fourth-order valence-electron chi connectivity index (χ4n) is 4.47. The molecule has 3 aromatic carbocycles. The molecule has 180 valence electrons. The number of fused-ring (bicyclic) bond motifs is 3. The highest BCUT2D eigenvalue weighted by Crippen LogP contribution is 2.44. The maximum absolute atomic E-state index is 12.6. The molecule has 0 radical (unpaired) electrons. The zero-order chi connectivity index (χ0) is 24.9. The lowest BCUT2D eigenvalue weighted by Gasteiger charge is -2.19. The first-order valence-electron chi connectivity index (χ1n) is 11.6. The lowest BCUT2D eigenvalue weighted by Crippen LogP contribution is -2.38. The van der Waals surface area contributed by atoms with E-state index in [9.17, 15) is 19.5 Å². The van der Waals surface area contributed by atoms with Gasteiger partial charge in [0.25, 0.3) is 0 Å². The van der Waals surface area contributed by atoms with E-state index in [1.807, 2.05) is 31.2 Å². The van der Waals surface area contributed by atoms with Crippen molar-refractivity contribution in [2.24, 2.45) is 0 Å². The van der Waals surface area contributed by atoms with Crippen LogP contribution in [0.25, 0.3) is 11.1 Å². The van der Waals surface area contributed by atoms with Crippen LogP contribution in [0.1, 0.15) is 52.7 Å². The highest BCUT2D eigenvalue weighted by molar-refractivity contribution is 6.00. The zero-order valence-electron chi connectivity index (χ0n) is 19.7. The number of hydrogen-bond acceptors (Lipinski definition) is 4. The Morgan fingerprint density at radius 2 is 1.60 bits per heavy atom. The van der Waals surface area contributed by atoms with Crippen LogP contribution < -0.4 is 10.6 Å². The van der Waals surface area contributed by atoms with Gasteiger partial charge in [0.15, 0.2) is 0 Å². The van der Waals surface area contributed by atoms with Gasteiger partial charge in [-0.1, -0.05) is 67.1 Å². The molecule has 2 amide bonds. The number of amides is 2. The Morgan fingerprint density at radius 1 is 0.971 bits per heavy atom. The molecule has 7 nitrogen and oxygen atoms in total. The summed E-state index contributed by atoms with van der Waals surface area (Å²) >= 11 is 0. The number of aryl methyl sites for hydroxylation is 1. The fourth-order valence-corrected chi connectivity index (χ4v) is 4.47. The summed E-state index contributed by atoms with van der Waals surface area (Å²) < 4.78 is 5.58. The Hall–Kier alpha value is -4.13. The molecule has 3 N–H and O–H groups in total. The summed E-state index contributed by atoms with van der Waals surface area (Å²) in [6, 6.07) is 20.6. The summed E-state index contributed by atoms with van der Waals surface area (Å²) in [5.74, 6) is -1.55. The Balaban J connectivity index is 1.35. The number of carboxylic acids is 1. The van der Waals surface area contributed by atoms with Gasteiger partial charge in [-0.05, 0) is 47.7 Å². The van der Waals surface area contributed by atoms with Gasteiger partial charge in [0, 0.05) is 18.4 Å². The molecule has 0 aromatic heterocycles. The fraction of sp³-hybridized carbons (Fsp3) is 0.250. The molecule has 0 spiro atoms. The third-order valence-electron chi connectivity index (χ3n) is 6.27. The van der Waals surface area contributed by atoms with Crippen LogP contribution in [0, 0.1) is 6.92 Å². The highest BCUT2D eigenvalue weighted by atomic mass is 16.5. The number of aromatic carboxylic acids is 1. The van der Waals surface area contributed by atoms with Crippen molar-refractivity contribution >= 4 is 23.7 Å². The molecular weight excluding hydrogens is 444 g/mol. The van der Waals surface area contributed by atoms with E-state index in [0.717, 1.165) is 27.8 Å². The first-order valence-corrected chi connectivity index (χ1v) is 11.6. The van der Waals surface area contributed by atoms with Gasteiger partial charge in [-0.15, -0.1) is 0 Å². The topological polar surface area (TPSA) is 105 Å². The lowest BCUT2D eigenvalue weighted by atomic mass is 9.98. The summed E-state index contributed by atoms with van der Waals surface area (Å²) in [5.41, 5.74) is 5.58. The normalized spacial score (nSPS) is 12.9. The summed E-state index contributed by atoms with van der Waals surface area (Å²) in [7, 11) is 0. The first kappa shape index (κ1) is 24.0. The molecule has 1 aliphatic rings. The van der Waals surface area contributed by atoms with Gasteiger partial charge >= 0.3 is 12.1 Å². The van der Waals surface area contributed by atoms with Crippen LogP contribution in [0.4, 0.5) is 10.5 Å². The molecule has 4 rings (SSSR count). The number of hydrogen-bond donors (Lipinski definition) is 3. The van der Waals surface area contributed by atoms with Crippen molar-refractivity contribution in [2.75, 3.05) is 11.9 Å². The Kier molecular flexibility index (Phi) is 7.15. The SMILES string of the molecule is CCC(CC(=O)Nc1ccc(C)cc1C(=O)O)NC(=O)OCC1c2ccccc2-c2ccccc21. The lowest BCUT2D eigenvalue weighted by molar-refractivity contribution is -0.116. The largest absolute Gasteiger partial charge is 0.478 e. The van der Waals surface area contributed by atoms with Crippen molar-refractivity contribution in [3.05, 3.63) is 89.0 Å². The number of alkyl carbamates (subject to hydrolysis) is 1. The van der Waals surface area contributed by atoms with Gasteiger partial charge in [-0.3, -0.25) is 4.79 Å². The quantitative estimate of drug-likeness (QED) is 0.411. The van der Waals surface area contributed by atoms with Gasteiger partial charge in [0.2, 0.25) is 5.91 Å². The van der Waals surface area contributed by atoms with Crippen molar-refractivity contribution in [3.8, 4) is 11.1 Å². The molecule has 0 aliphatic heterocycles. The maximum Gasteiger partial charge on any atom is 0.407 e. The molecular formula is C28H28N2O5. The number of benzene rings is 3. The predicted octanol–water partition coefficient (Wildman–Crippen LogP) is 5.34. The summed E-state index contributed by atoms with van der Waals surface area (Å²) in [6.45, 7) is 3.83. The second-order valence-electron chi connectivity index (χ2n) is 8.68. The molecule has 7 heteroatoms. The second-order valence-corrected chi connectivity index (χ2v) is 8.68. The van der Waals surface area contributed by atoms with Crippen molar-refractivity contribution < 1.29 is 24.2 Å². The average molecular weight is 473 g/mol. The van der Waals surface area contributed by atoms with E-state index in [-0.39, 0.29) is 36.1 Å². The molecule has 3 aromatic rings. The van der Waals surface area contributed by atoms with Crippen molar-refractivity contribution in [2.45, 2.75) is 38.6 Å². The number of carboxylic acid groups (broad SMARTS) is 1. The number of nitrogens with one attached hydrogen (secondary N) is 2. The maximum atomic E-state index is 12.6. The third kappa shape index (κ3) is 5.35. The van der Waals surface area contributed by atoms with Crippen LogP contribution in [-0.4, -0.2) is 35.7 Å². The van der Waals surface area contributed by atoms with E-state index < -0.39 is 18.1 Å². The van der Waals surface area contributed by atoms with Crippen LogP contribution in [0.5, 0.6) is 0 Å². The molecule has 1 unspecified atom stereocenters. The van der Waals surface area contributed by atoms with Crippen molar-refractivity contribution in [3.63, 3.8) is 0 Å². The highest BCUT2D eigenvalue weighted by Gasteiger charge is 2.29. The molecule has 0 bridgehead atoms. The molecule has 35 heavy (non-hydrogen) atoms. The van der Waals surface area contributed by atoms with E-state index >= 15 is 0 Å². The molecule has 0 heterocycles. The zero-order valence-corrected chi connectivity index (χ0v) is 19.7. The molecule has 0 saturated carbocycles. The van der Waals surface area contributed by atoms with Gasteiger partial charge in [0.05, 0.1) is 11.3 Å². The minimum atomic E-state index is -1.12. The van der Waals surface area contributed by atoms with Gasteiger partial charge < -0.3 is 20.5 Å². The summed E-state index contributed by atoms with van der Waals surface area (Å²) in [5, 5.41) is 14.8. The number of carbonyl (C=O) groups excluding carboxylic acids is 2. The van der Waals surface area contributed by atoms with E-state index in [0.29, 0.717) is 6.42 Å². The summed E-state index contributed by atoms with van der Waals surface area (Å²) in [6.07, 6.45) is -0.0849. The van der Waals surface area contributed by atoms with Gasteiger partial charge in [-0.2, -0.15) is 0 Å². The molecule has 1 atom stereocenters. The smallest absolute Gasteiger partial charge is 0.407 e. The first-order chi connectivity index (χ1) is 16.9. The molecule has 0 fully saturated rings. The number of anilines is 1. The minimum Gasteiger partial charge on any atom is -0.478 e. The van der Waals surface area contributed by atoms with Crippen LogP contribution in [0.2, 0.25) is 0 Å². The summed E-state index contributed by atoms with van der Waals surface area (Å²) in [4.78, 5) is 36.6. The number of carbonyl (C=O) groups is 3. The average Bonchev–Trinajstić information content (AvgIpc) is 3.17. The van der Waals surface area contributed by atoms with Crippen LogP contribution in [-0.2, 0) is 9.53 Å². The van der Waals surface area contributed by atoms with Crippen molar-refractivity contribution in [1.82, 2.24) is 5.32 Å².